The molecule has 0 unspecified atom stereocenters. The normalized spacial score (nSPS) is 11.2. The van der Waals surface area contributed by atoms with Gasteiger partial charge in [0.2, 0.25) is 0 Å². The second kappa shape index (κ2) is 7.69. The van der Waals surface area contributed by atoms with E-state index in [9.17, 15) is 4.79 Å². The maximum atomic E-state index is 12.5. The van der Waals surface area contributed by atoms with Gasteiger partial charge in [-0.3, -0.25) is 19.9 Å². The molecule has 0 bridgehead atoms. The van der Waals surface area contributed by atoms with Gasteiger partial charge >= 0.3 is 0 Å². The van der Waals surface area contributed by atoms with Crippen molar-refractivity contribution >= 4 is 33.5 Å². The second-order valence-electron chi connectivity index (χ2n) is 7.59. The number of aromatic nitrogens is 6. The molecule has 3 N–H and O–H groups in total. The van der Waals surface area contributed by atoms with E-state index in [1.807, 2.05) is 54.7 Å². The van der Waals surface area contributed by atoms with Crippen LogP contribution in [0.1, 0.15) is 10.4 Å². The lowest BCUT2D eigenvalue weighted by molar-refractivity contribution is 0.102. The number of rotatable bonds is 4. The van der Waals surface area contributed by atoms with Gasteiger partial charge in [-0.25, -0.2) is 4.98 Å². The van der Waals surface area contributed by atoms with Gasteiger partial charge in [0.25, 0.3) is 5.91 Å². The van der Waals surface area contributed by atoms with Gasteiger partial charge in [0.15, 0.2) is 0 Å². The highest BCUT2D eigenvalue weighted by atomic mass is 16.1. The molecule has 6 aromatic rings. The first kappa shape index (κ1) is 18.9. The predicted octanol–water partition coefficient (Wildman–Crippen LogP) is 4.82. The molecule has 5 aromatic heterocycles. The van der Waals surface area contributed by atoms with Crippen molar-refractivity contribution in [2.75, 3.05) is 5.32 Å². The van der Waals surface area contributed by atoms with Crippen LogP contribution in [0, 0.1) is 0 Å². The Kier molecular flexibility index (Phi) is 4.40. The number of hydrogen-bond acceptors (Lipinski definition) is 5. The third-order valence-corrected chi connectivity index (χ3v) is 5.41. The summed E-state index contributed by atoms with van der Waals surface area (Å²) in [5.74, 6) is -0.191. The summed E-state index contributed by atoms with van der Waals surface area (Å²) < 4.78 is 0. The molecule has 0 aliphatic rings. The van der Waals surface area contributed by atoms with Crippen molar-refractivity contribution in [1.29, 1.82) is 0 Å². The zero-order chi connectivity index (χ0) is 22.2. The number of carbonyl (C=O) groups is 1. The molecule has 6 rings (SSSR count). The molecule has 8 nitrogen and oxygen atoms in total. The van der Waals surface area contributed by atoms with E-state index in [4.69, 9.17) is 4.98 Å². The first-order valence-electron chi connectivity index (χ1n) is 10.3. The molecule has 158 valence electrons. The maximum absolute atomic E-state index is 12.5. The van der Waals surface area contributed by atoms with Crippen LogP contribution in [0.3, 0.4) is 0 Å². The molecular weight excluding hydrogens is 414 g/mol. The molecular formula is C25H17N7O. The van der Waals surface area contributed by atoms with E-state index in [0.29, 0.717) is 11.3 Å². The van der Waals surface area contributed by atoms with Crippen LogP contribution < -0.4 is 5.32 Å². The molecule has 5 heterocycles. The fraction of sp³-hybridized carbons (Fsp3) is 0. The Bertz CT molecular complexity index is 1590. The number of pyridine rings is 3. The van der Waals surface area contributed by atoms with E-state index < -0.39 is 0 Å². The van der Waals surface area contributed by atoms with Crippen LogP contribution >= 0.6 is 0 Å². The standard InChI is InChI=1S/C25H17N7O/c33-25(15-4-2-1-3-5-15)28-18-10-16(13-27-14-18)19-6-7-21-23(30-19)24(32-31-21)22-11-17-12-26-9-8-20(17)29-22/h1-14,29H,(H,28,33)(H,31,32). The number of carbonyl (C=O) groups excluding carboxylic acids is 1. The fourth-order valence-electron chi connectivity index (χ4n) is 3.79. The van der Waals surface area contributed by atoms with Crippen molar-refractivity contribution in [2.24, 2.45) is 0 Å². The van der Waals surface area contributed by atoms with E-state index in [-0.39, 0.29) is 5.91 Å². The van der Waals surface area contributed by atoms with Gasteiger partial charge in [-0.15, -0.1) is 0 Å². The summed E-state index contributed by atoms with van der Waals surface area (Å²) in [7, 11) is 0. The number of hydrogen-bond donors (Lipinski definition) is 3. The molecule has 0 saturated heterocycles. The first-order valence-corrected chi connectivity index (χ1v) is 10.3. The predicted molar refractivity (Wildman–Crippen MR) is 127 cm³/mol. The SMILES string of the molecule is O=C(Nc1cncc(-c2ccc3[nH]nc(-c4cc5cnccc5[nH]4)c3n2)c1)c1ccccc1. The molecule has 0 aliphatic carbocycles. The maximum Gasteiger partial charge on any atom is 0.255 e. The smallest absolute Gasteiger partial charge is 0.255 e. The lowest BCUT2D eigenvalue weighted by Gasteiger charge is -2.07. The van der Waals surface area contributed by atoms with Crippen LogP contribution in [-0.4, -0.2) is 36.0 Å². The molecule has 0 saturated carbocycles. The van der Waals surface area contributed by atoms with E-state index in [1.165, 1.54) is 0 Å². The lowest BCUT2D eigenvalue weighted by Crippen LogP contribution is -2.11. The van der Waals surface area contributed by atoms with Crippen molar-refractivity contribution in [3.63, 3.8) is 0 Å². The van der Waals surface area contributed by atoms with E-state index in [1.54, 1.807) is 30.7 Å². The van der Waals surface area contributed by atoms with Crippen molar-refractivity contribution in [2.45, 2.75) is 0 Å². The van der Waals surface area contributed by atoms with Gasteiger partial charge in [-0.2, -0.15) is 5.10 Å². The Morgan fingerprint density at radius 2 is 1.79 bits per heavy atom. The van der Waals surface area contributed by atoms with Crippen LogP contribution in [0.5, 0.6) is 0 Å². The molecule has 33 heavy (non-hydrogen) atoms. The number of nitrogens with zero attached hydrogens (tertiary/aromatic N) is 4. The first-order chi connectivity index (χ1) is 16.2. The van der Waals surface area contributed by atoms with Crippen molar-refractivity contribution in [3.05, 3.63) is 91.0 Å². The zero-order valence-electron chi connectivity index (χ0n) is 17.3. The summed E-state index contributed by atoms with van der Waals surface area (Å²) in [5, 5.41) is 11.4. The number of fused-ring (bicyclic) bond motifs is 2. The van der Waals surface area contributed by atoms with Crippen molar-refractivity contribution in [1.82, 2.24) is 30.1 Å². The minimum atomic E-state index is -0.191. The average molecular weight is 431 g/mol. The number of anilines is 1. The van der Waals surface area contributed by atoms with E-state index >= 15 is 0 Å². The number of H-pyrrole nitrogens is 2. The highest BCUT2D eigenvalue weighted by Crippen LogP contribution is 2.29. The fourth-order valence-corrected chi connectivity index (χ4v) is 3.79. The topological polar surface area (TPSA) is 112 Å². The summed E-state index contributed by atoms with van der Waals surface area (Å²) in [5.41, 5.74) is 6.83. The lowest BCUT2D eigenvalue weighted by atomic mass is 10.1. The summed E-state index contributed by atoms with van der Waals surface area (Å²) in [6.07, 6.45) is 6.90. The Hall–Kier alpha value is -4.85. The van der Waals surface area contributed by atoms with E-state index in [0.717, 1.165) is 44.6 Å². The van der Waals surface area contributed by atoms with E-state index in [2.05, 4.69) is 30.5 Å². The third-order valence-electron chi connectivity index (χ3n) is 5.41. The second-order valence-corrected chi connectivity index (χ2v) is 7.59. The summed E-state index contributed by atoms with van der Waals surface area (Å²) >= 11 is 0. The largest absolute Gasteiger partial charge is 0.353 e. The molecule has 0 radical (unpaired) electrons. The molecule has 0 aliphatic heterocycles. The van der Waals surface area contributed by atoms with Gasteiger partial charge in [-0.05, 0) is 42.5 Å². The van der Waals surface area contributed by atoms with Crippen LogP contribution in [0.25, 0.3) is 44.6 Å². The number of nitrogens with one attached hydrogen (secondary N) is 3. The van der Waals surface area contributed by atoms with Gasteiger partial charge in [-0.1, -0.05) is 18.2 Å². The van der Waals surface area contributed by atoms with Crippen LogP contribution in [0.2, 0.25) is 0 Å². The Morgan fingerprint density at radius 1 is 0.879 bits per heavy atom. The minimum Gasteiger partial charge on any atom is -0.353 e. The van der Waals surface area contributed by atoms with Gasteiger partial charge in [0.05, 0.1) is 28.8 Å². The Balaban J connectivity index is 1.36. The summed E-state index contributed by atoms with van der Waals surface area (Å²) in [6.45, 7) is 0. The van der Waals surface area contributed by atoms with Crippen LogP contribution in [0.4, 0.5) is 5.69 Å². The molecule has 0 fully saturated rings. The van der Waals surface area contributed by atoms with Crippen molar-refractivity contribution in [3.8, 4) is 22.6 Å². The van der Waals surface area contributed by atoms with Crippen LogP contribution in [-0.2, 0) is 0 Å². The number of amides is 1. The van der Waals surface area contributed by atoms with Gasteiger partial charge in [0.1, 0.15) is 11.2 Å². The average Bonchev–Trinajstić information content (AvgIpc) is 3.48. The molecule has 8 heteroatoms. The van der Waals surface area contributed by atoms with Crippen molar-refractivity contribution < 1.29 is 4.79 Å². The number of aromatic amines is 2. The monoisotopic (exact) mass is 431 g/mol. The van der Waals surface area contributed by atoms with Gasteiger partial charge < -0.3 is 10.3 Å². The summed E-state index contributed by atoms with van der Waals surface area (Å²) in [6, 6.07) is 18.7. The molecule has 1 aromatic carbocycles. The van der Waals surface area contributed by atoms with Crippen LogP contribution in [0.15, 0.2) is 85.5 Å². The highest BCUT2D eigenvalue weighted by molar-refractivity contribution is 6.04. The summed E-state index contributed by atoms with van der Waals surface area (Å²) in [4.78, 5) is 29.2. The molecule has 0 spiro atoms. The number of benzene rings is 1. The van der Waals surface area contributed by atoms with Gasteiger partial charge in [0, 0.05) is 40.6 Å². The Morgan fingerprint density at radius 3 is 2.67 bits per heavy atom. The third kappa shape index (κ3) is 3.49. The molecule has 0 atom stereocenters. The molecule has 1 amide bonds. The highest BCUT2D eigenvalue weighted by Gasteiger charge is 2.14. The Labute approximate surface area is 187 Å². The minimum absolute atomic E-state index is 0.191. The zero-order valence-corrected chi connectivity index (χ0v) is 17.3. The quantitative estimate of drug-likeness (QED) is 0.371.